The summed E-state index contributed by atoms with van der Waals surface area (Å²) in [6.45, 7) is 0.265. The summed E-state index contributed by atoms with van der Waals surface area (Å²) in [4.78, 5) is 1.17. The predicted octanol–water partition coefficient (Wildman–Crippen LogP) is 2.29. The second-order valence-electron chi connectivity index (χ2n) is 3.68. The van der Waals surface area contributed by atoms with Crippen molar-refractivity contribution in [2.75, 3.05) is 6.26 Å². The monoisotopic (exact) mass is 262 g/mol. The fraction of sp³-hybridized carbons (Fsp3) is 0.154. The first kappa shape index (κ1) is 12.7. The maximum atomic E-state index is 11.1. The predicted molar refractivity (Wildman–Crippen MR) is 71.6 cm³/mol. The standard InChI is InChI=1S/C13H14N2O2S/c1-18-12-4-2-11(3-5-12)17-13-6-7-15(16)9-10(13)8-14/h2-7,9H,8,14H2,1H3. The molecule has 0 aliphatic rings. The third kappa shape index (κ3) is 2.94. The van der Waals surface area contributed by atoms with Gasteiger partial charge in [-0.2, -0.15) is 4.73 Å². The number of nitrogens with zero attached hydrogens (tertiary/aromatic N) is 1. The number of hydrogen-bond donors (Lipinski definition) is 1. The molecular weight excluding hydrogens is 248 g/mol. The average molecular weight is 262 g/mol. The number of ether oxygens (including phenoxy) is 1. The van der Waals surface area contributed by atoms with Gasteiger partial charge in [-0.1, -0.05) is 0 Å². The molecule has 1 aromatic heterocycles. The Morgan fingerprint density at radius 1 is 1.28 bits per heavy atom. The molecule has 0 aliphatic heterocycles. The molecule has 2 N–H and O–H groups in total. The molecule has 1 aromatic carbocycles. The van der Waals surface area contributed by atoms with Gasteiger partial charge in [-0.3, -0.25) is 0 Å². The van der Waals surface area contributed by atoms with Gasteiger partial charge < -0.3 is 15.7 Å². The topological polar surface area (TPSA) is 62.2 Å². The minimum Gasteiger partial charge on any atom is -0.619 e. The van der Waals surface area contributed by atoms with Crippen LogP contribution in [0.2, 0.25) is 0 Å². The first-order valence-corrected chi connectivity index (χ1v) is 6.69. The van der Waals surface area contributed by atoms with Crippen LogP contribution in [0.1, 0.15) is 5.56 Å². The van der Waals surface area contributed by atoms with Crippen molar-refractivity contribution in [2.45, 2.75) is 11.4 Å². The SMILES string of the molecule is CSc1ccc(Oc2cc[n+]([O-])cc2CN)cc1. The summed E-state index contributed by atoms with van der Waals surface area (Å²) < 4.78 is 6.43. The van der Waals surface area contributed by atoms with Crippen molar-refractivity contribution in [3.8, 4) is 11.5 Å². The smallest absolute Gasteiger partial charge is 0.188 e. The van der Waals surface area contributed by atoms with E-state index in [4.69, 9.17) is 10.5 Å². The van der Waals surface area contributed by atoms with Crippen LogP contribution >= 0.6 is 11.8 Å². The number of thioether (sulfide) groups is 1. The van der Waals surface area contributed by atoms with Gasteiger partial charge in [0.1, 0.15) is 11.5 Å². The molecule has 0 spiro atoms. The maximum absolute atomic E-state index is 11.1. The highest BCUT2D eigenvalue weighted by Crippen LogP contribution is 2.25. The van der Waals surface area contributed by atoms with Crippen LogP contribution in [-0.2, 0) is 6.54 Å². The van der Waals surface area contributed by atoms with Gasteiger partial charge in [0.15, 0.2) is 12.4 Å². The van der Waals surface area contributed by atoms with E-state index in [2.05, 4.69) is 0 Å². The summed E-state index contributed by atoms with van der Waals surface area (Å²) in [5.41, 5.74) is 6.27. The van der Waals surface area contributed by atoms with Gasteiger partial charge in [-0.15, -0.1) is 11.8 Å². The Balaban J connectivity index is 2.22. The van der Waals surface area contributed by atoms with Gasteiger partial charge in [0.05, 0.1) is 5.56 Å². The number of hydrogen-bond acceptors (Lipinski definition) is 4. The Kier molecular flexibility index (Phi) is 4.07. The highest BCUT2D eigenvalue weighted by atomic mass is 32.2. The molecule has 0 aliphatic carbocycles. The lowest BCUT2D eigenvalue weighted by Crippen LogP contribution is -2.25. The van der Waals surface area contributed by atoms with Crippen molar-refractivity contribution >= 4 is 11.8 Å². The normalized spacial score (nSPS) is 10.3. The third-order valence-corrected chi connectivity index (χ3v) is 3.22. The molecular formula is C13H14N2O2S. The fourth-order valence-corrected chi connectivity index (χ4v) is 1.94. The number of aromatic nitrogens is 1. The van der Waals surface area contributed by atoms with E-state index < -0.39 is 0 Å². The number of nitrogens with two attached hydrogens (primary N) is 1. The molecule has 5 heteroatoms. The molecule has 0 saturated heterocycles. The number of rotatable bonds is 4. The second-order valence-corrected chi connectivity index (χ2v) is 4.56. The van der Waals surface area contributed by atoms with E-state index in [0.717, 1.165) is 5.75 Å². The highest BCUT2D eigenvalue weighted by molar-refractivity contribution is 7.98. The zero-order chi connectivity index (χ0) is 13.0. The van der Waals surface area contributed by atoms with Crippen molar-refractivity contribution < 1.29 is 9.47 Å². The molecule has 18 heavy (non-hydrogen) atoms. The van der Waals surface area contributed by atoms with Crippen LogP contribution in [0.25, 0.3) is 0 Å². The van der Waals surface area contributed by atoms with Crippen molar-refractivity contribution in [1.82, 2.24) is 0 Å². The zero-order valence-electron chi connectivity index (χ0n) is 10.00. The van der Waals surface area contributed by atoms with Crippen LogP contribution in [0.15, 0.2) is 47.6 Å². The molecule has 4 nitrogen and oxygen atoms in total. The van der Waals surface area contributed by atoms with Crippen molar-refractivity contribution in [1.29, 1.82) is 0 Å². The first-order chi connectivity index (χ1) is 8.72. The first-order valence-electron chi connectivity index (χ1n) is 5.46. The van der Waals surface area contributed by atoms with E-state index in [-0.39, 0.29) is 6.54 Å². The molecule has 0 amide bonds. The minimum absolute atomic E-state index is 0.265. The number of pyridine rings is 1. The molecule has 0 bridgehead atoms. The largest absolute Gasteiger partial charge is 0.619 e. The Hall–Kier alpha value is -1.72. The van der Waals surface area contributed by atoms with E-state index in [1.54, 1.807) is 17.8 Å². The van der Waals surface area contributed by atoms with Gasteiger partial charge >= 0.3 is 0 Å². The zero-order valence-corrected chi connectivity index (χ0v) is 10.8. The highest BCUT2D eigenvalue weighted by Gasteiger charge is 2.07. The number of benzene rings is 1. The molecule has 0 radical (unpaired) electrons. The Morgan fingerprint density at radius 2 is 2.00 bits per heavy atom. The molecule has 2 rings (SSSR count). The molecule has 0 saturated carbocycles. The van der Waals surface area contributed by atoms with E-state index in [1.165, 1.54) is 17.3 Å². The van der Waals surface area contributed by atoms with E-state index in [0.29, 0.717) is 16.0 Å². The molecule has 1 heterocycles. The lowest BCUT2D eigenvalue weighted by molar-refractivity contribution is -0.605. The summed E-state index contributed by atoms with van der Waals surface area (Å²) in [7, 11) is 0. The summed E-state index contributed by atoms with van der Waals surface area (Å²) in [6, 6.07) is 9.38. The average Bonchev–Trinajstić information content (AvgIpc) is 2.41. The van der Waals surface area contributed by atoms with Gasteiger partial charge in [0.25, 0.3) is 0 Å². The van der Waals surface area contributed by atoms with Crippen molar-refractivity contribution in [2.24, 2.45) is 5.73 Å². The van der Waals surface area contributed by atoms with Crippen LogP contribution in [0.5, 0.6) is 11.5 Å². The van der Waals surface area contributed by atoms with Crippen LogP contribution in [0, 0.1) is 5.21 Å². The van der Waals surface area contributed by atoms with E-state index >= 15 is 0 Å². The lowest BCUT2D eigenvalue weighted by atomic mass is 10.2. The lowest BCUT2D eigenvalue weighted by Gasteiger charge is -2.09. The summed E-state index contributed by atoms with van der Waals surface area (Å²) in [5, 5.41) is 11.1. The molecule has 2 aromatic rings. The van der Waals surface area contributed by atoms with Crippen LogP contribution in [0.3, 0.4) is 0 Å². The van der Waals surface area contributed by atoms with Gasteiger partial charge in [-0.05, 0) is 30.5 Å². The molecule has 0 unspecified atom stereocenters. The van der Waals surface area contributed by atoms with Gasteiger partial charge in [-0.25, -0.2) is 0 Å². The van der Waals surface area contributed by atoms with Gasteiger partial charge in [0.2, 0.25) is 0 Å². The summed E-state index contributed by atoms with van der Waals surface area (Å²) >= 11 is 1.67. The van der Waals surface area contributed by atoms with Crippen LogP contribution in [0.4, 0.5) is 0 Å². The van der Waals surface area contributed by atoms with Crippen LogP contribution < -0.4 is 15.2 Å². The molecule has 94 valence electrons. The Bertz CT molecular complexity index is 529. The summed E-state index contributed by atoms with van der Waals surface area (Å²) in [5.74, 6) is 1.34. The van der Waals surface area contributed by atoms with Crippen LogP contribution in [-0.4, -0.2) is 6.26 Å². The van der Waals surface area contributed by atoms with Crippen molar-refractivity contribution in [3.05, 3.63) is 53.5 Å². The van der Waals surface area contributed by atoms with E-state index in [1.807, 2.05) is 30.5 Å². The Labute approximate surface area is 110 Å². The van der Waals surface area contributed by atoms with Crippen molar-refractivity contribution in [3.63, 3.8) is 0 Å². The van der Waals surface area contributed by atoms with Gasteiger partial charge in [0, 0.05) is 17.5 Å². The molecule has 0 atom stereocenters. The fourth-order valence-electron chi connectivity index (χ4n) is 1.53. The third-order valence-electron chi connectivity index (χ3n) is 2.48. The maximum Gasteiger partial charge on any atom is 0.188 e. The second kappa shape index (κ2) is 5.75. The molecule has 0 fully saturated rings. The van der Waals surface area contributed by atoms with E-state index in [9.17, 15) is 5.21 Å². The minimum atomic E-state index is 0.265. The Morgan fingerprint density at radius 3 is 2.61 bits per heavy atom. The summed E-state index contributed by atoms with van der Waals surface area (Å²) in [6.07, 6.45) is 4.84. The quantitative estimate of drug-likeness (QED) is 0.521.